The second-order valence-electron chi connectivity index (χ2n) is 3.95. The van der Waals surface area contributed by atoms with Crippen LogP contribution in [0.25, 0.3) is 10.6 Å². The Bertz CT molecular complexity index is 469. The lowest BCUT2D eigenvalue weighted by atomic mass is 10.0. The third-order valence-corrected chi connectivity index (χ3v) is 4.23. The van der Waals surface area contributed by atoms with E-state index in [1.54, 1.807) is 11.3 Å². The molecule has 1 heterocycles. The summed E-state index contributed by atoms with van der Waals surface area (Å²) in [5.41, 5.74) is 8.17. The van der Waals surface area contributed by atoms with Gasteiger partial charge in [-0.2, -0.15) is 0 Å². The summed E-state index contributed by atoms with van der Waals surface area (Å²) in [6.07, 6.45) is 0. The monoisotopic (exact) mass is 296 g/mol. The van der Waals surface area contributed by atoms with E-state index in [1.807, 2.05) is 0 Å². The van der Waals surface area contributed by atoms with Gasteiger partial charge in [0.25, 0.3) is 0 Å². The Kier molecular flexibility index (Phi) is 3.30. The van der Waals surface area contributed by atoms with Crippen molar-refractivity contribution in [3.63, 3.8) is 0 Å². The fourth-order valence-corrected chi connectivity index (χ4v) is 2.71. The highest BCUT2D eigenvalue weighted by atomic mass is 79.9. The molecule has 0 fully saturated rings. The van der Waals surface area contributed by atoms with Gasteiger partial charge in [0, 0.05) is 5.56 Å². The van der Waals surface area contributed by atoms with Crippen LogP contribution in [-0.2, 0) is 0 Å². The van der Waals surface area contributed by atoms with Crippen LogP contribution in [0.2, 0.25) is 0 Å². The molecular weight excluding hydrogens is 284 g/mol. The molecule has 0 aliphatic rings. The van der Waals surface area contributed by atoms with Crippen molar-refractivity contribution in [3.8, 4) is 10.6 Å². The highest BCUT2D eigenvalue weighted by molar-refractivity contribution is 9.11. The molecule has 0 saturated carbocycles. The molecule has 0 unspecified atom stereocenters. The van der Waals surface area contributed by atoms with Crippen molar-refractivity contribution in [2.45, 2.75) is 19.8 Å². The number of benzene rings is 1. The number of hydrogen-bond acceptors (Lipinski definition) is 3. The summed E-state index contributed by atoms with van der Waals surface area (Å²) in [6.45, 7) is 4.37. The fraction of sp³-hybridized carbons (Fsp3) is 0.250. The SMILES string of the molecule is CC(C)c1ccc(-c2nc(N)c(Br)s2)cc1. The Hall–Kier alpha value is -0.870. The van der Waals surface area contributed by atoms with Gasteiger partial charge in [-0.25, -0.2) is 4.98 Å². The zero-order chi connectivity index (χ0) is 11.7. The largest absolute Gasteiger partial charge is 0.382 e. The maximum Gasteiger partial charge on any atom is 0.149 e. The van der Waals surface area contributed by atoms with Crippen LogP contribution in [0, 0.1) is 0 Å². The van der Waals surface area contributed by atoms with Crippen LogP contribution >= 0.6 is 27.3 Å². The number of thiazole rings is 1. The van der Waals surface area contributed by atoms with Crippen molar-refractivity contribution >= 4 is 33.1 Å². The lowest BCUT2D eigenvalue weighted by Gasteiger charge is -2.05. The number of rotatable bonds is 2. The molecular formula is C12H13BrN2S. The van der Waals surface area contributed by atoms with E-state index in [0.717, 1.165) is 14.4 Å². The predicted molar refractivity (Wildman–Crippen MR) is 73.8 cm³/mol. The van der Waals surface area contributed by atoms with E-state index >= 15 is 0 Å². The van der Waals surface area contributed by atoms with E-state index in [1.165, 1.54) is 5.56 Å². The number of nitrogen functional groups attached to an aromatic ring is 1. The van der Waals surface area contributed by atoms with E-state index in [-0.39, 0.29) is 0 Å². The van der Waals surface area contributed by atoms with Gasteiger partial charge in [-0.05, 0) is 27.4 Å². The lowest BCUT2D eigenvalue weighted by Crippen LogP contribution is -1.87. The van der Waals surface area contributed by atoms with Crippen LogP contribution in [-0.4, -0.2) is 4.98 Å². The predicted octanol–water partition coefficient (Wildman–Crippen LogP) is 4.28. The van der Waals surface area contributed by atoms with E-state index < -0.39 is 0 Å². The molecule has 84 valence electrons. The molecule has 2 rings (SSSR count). The molecule has 2 nitrogen and oxygen atoms in total. The Balaban J connectivity index is 2.34. The van der Waals surface area contributed by atoms with Crippen molar-refractivity contribution in [3.05, 3.63) is 33.6 Å². The highest BCUT2D eigenvalue weighted by Gasteiger charge is 2.08. The molecule has 4 heteroatoms. The van der Waals surface area contributed by atoms with Gasteiger partial charge < -0.3 is 5.73 Å². The first kappa shape index (κ1) is 11.6. The highest BCUT2D eigenvalue weighted by Crippen LogP contribution is 2.33. The molecule has 0 radical (unpaired) electrons. The van der Waals surface area contributed by atoms with E-state index in [9.17, 15) is 0 Å². The quantitative estimate of drug-likeness (QED) is 0.898. The minimum atomic E-state index is 0.558. The van der Waals surface area contributed by atoms with Crippen molar-refractivity contribution in [2.75, 3.05) is 5.73 Å². The Morgan fingerprint density at radius 1 is 1.25 bits per heavy atom. The Labute approximate surface area is 108 Å². The maximum absolute atomic E-state index is 5.71. The van der Waals surface area contributed by atoms with Crippen molar-refractivity contribution < 1.29 is 0 Å². The number of nitrogens with zero attached hydrogens (tertiary/aromatic N) is 1. The molecule has 16 heavy (non-hydrogen) atoms. The van der Waals surface area contributed by atoms with E-state index in [0.29, 0.717) is 11.7 Å². The van der Waals surface area contributed by atoms with Gasteiger partial charge in [0.15, 0.2) is 0 Å². The molecule has 0 aliphatic carbocycles. The van der Waals surface area contributed by atoms with E-state index in [4.69, 9.17) is 5.73 Å². The Morgan fingerprint density at radius 2 is 1.88 bits per heavy atom. The van der Waals surface area contributed by atoms with Gasteiger partial charge >= 0.3 is 0 Å². The van der Waals surface area contributed by atoms with Crippen LogP contribution in [0.3, 0.4) is 0 Å². The smallest absolute Gasteiger partial charge is 0.149 e. The molecule has 0 aliphatic heterocycles. The van der Waals surface area contributed by atoms with Crippen LogP contribution in [0.15, 0.2) is 28.1 Å². The third-order valence-electron chi connectivity index (χ3n) is 2.43. The third kappa shape index (κ3) is 2.28. The van der Waals surface area contributed by atoms with Gasteiger partial charge in [-0.15, -0.1) is 11.3 Å². The van der Waals surface area contributed by atoms with E-state index in [2.05, 4.69) is 59.0 Å². The Morgan fingerprint density at radius 3 is 2.31 bits per heavy atom. The summed E-state index contributed by atoms with van der Waals surface area (Å²) in [5.74, 6) is 1.12. The molecule has 2 N–H and O–H groups in total. The molecule has 0 saturated heterocycles. The average molecular weight is 297 g/mol. The molecule has 2 aromatic rings. The van der Waals surface area contributed by atoms with Gasteiger partial charge in [0.05, 0.1) is 0 Å². The summed E-state index contributed by atoms with van der Waals surface area (Å²) in [6, 6.07) is 8.48. The zero-order valence-corrected chi connectivity index (χ0v) is 11.6. The number of nitrogens with two attached hydrogens (primary N) is 1. The van der Waals surface area contributed by atoms with Gasteiger partial charge in [0.1, 0.15) is 14.6 Å². The van der Waals surface area contributed by atoms with Crippen molar-refractivity contribution in [1.82, 2.24) is 4.98 Å². The zero-order valence-electron chi connectivity index (χ0n) is 9.20. The summed E-state index contributed by atoms with van der Waals surface area (Å²) in [4.78, 5) is 4.30. The standard InChI is InChI=1S/C12H13BrN2S/c1-7(2)8-3-5-9(6-4-8)12-15-11(14)10(13)16-12/h3-7H,14H2,1-2H3. The number of aromatic nitrogens is 1. The topological polar surface area (TPSA) is 38.9 Å². The molecule has 0 atom stereocenters. The fourth-order valence-electron chi connectivity index (χ4n) is 1.45. The average Bonchev–Trinajstić information content (AvgIpc) is 2.59. The van der Waals surface area contributed by atoms with Gasteiger partial charge in [-0.3, -0.25) is 0 Å². The molecule has 1 aromatic heterocycles. The van der Waals surface area contributed by atoms with Crippen LogP contribution < -0.4 is 5.73 Å². The first-order chi connectivity index (χ1) is 7.58. The number of hydrogen-bond donors (Lipinski definition) is 1. The summed E-state index contributed by atoms with van der Waals surface area (Å²) >= 11 is 4.94. The second kappa shape index (κ2) is 4.55. The van der Waals surface area contributed by atoms with Crippen molar-refractivity contribution in [1.29, 1.82) is 0 Å². The maximum atomic E-state index is 5.71. The number of anilines is 1. The molecule has 1 aromatic carbocycles. The summed E-state index contributed by atoms with van der Waals surface area (Å²) < 4.78 is 0.899. The second-order valence-corrected chi connectivity index (χ2v) is 6.27. The summed E-state index contributed by atoms with van der Waals surface area (Å²) in [7, 11) is 0. The van der Waals surface area contributed by atoms with Gasteiger partial charge in [0.2, 0.25) is 0 Å². The summed E-state index contributed by atoms with van der Waals surface area (Å²) in [5, 5.41) is 0.958. The van der Waals surface area contributed by atoms with Crippen LogP contribution in [0.5, 0.6) is 0 Å². The first-order valence-corrected chi connectivity index (χ1v) is 6.71. The minimum absolute atomic E-state index is 0.558. The lowest BCUT2D eigenvalue weighted by molar-refractivity contribution is 0.867. The molecule has 0 spiro atoms. The number of halogens is 1. The van der Waals surface area contributed by atoms with Gasteiger partial charge in [-0.1, -0.05) is 38.1 Å². The first-order valence-electron chi connectivity index (χ1n) is 5.10. The molecule has 0 amide bonds. The minimum Gasteiger partial charge on any atom is -0.382 e. The van der Waals surface area contributed by atoms with Crippen LogP contribution in [0.4, 0.5) is 5.82 Å². The van der Waals surface area contributed by atoms with Crippen molar-refractivity contribution in [2.24, 2.45) is 0 Å². The normalized spacial score (nSPS) is 11.0. The van der Waals surface area contributed by atoms with Crippen LogP contribution in [0.1, 0.15) is 25.3 Å². The molecule has 0 bridgehead atoms.